The molecule has 0 spiro atoms. The van der Waals surface area contributed by atoms with Gasteiger partial charge in [0, 0.05) is 41.9 Å². The van der Waals surface area contributed by atoms with Crippen LogP contribution in [0, 0.1) is 5.92 Å². The minimum Gasteiger partial charge on any atom is -0.481 e. The lowest BCUT2D eigenvalue weighted by molar-refractivity contribution is -0.142. The van der Waals surface area contributed by atoms with Crippen LogP contribution in [0.3, 0.4) is 0 Å². The van der Waals surface area contributed by atoms with Crippen molar-refractivity contribution in [2.75, 3.05) is 18.0 Å². The molecule has 4 nitrogen and oxygen atoms in total. The highest BCUT2D eigenvalue weighted by Gasteiger charge is 2.26. The van der Waals surface area contributed by atoms with Gasteiger partial charge in [-0.25, -0.2) is 0 Å². The van der Waals surface area contributed by atoms with E-state index in [4.69, 9.17) is 16.7 Å². The number of nitrogens with zero attached hydrogens (tertiary/aromatic N) is 1. The molecule has 0 unspecified atom stereocenters. The summed E-state index contributed by atoms with van der Waals surface area (Å²) in [6, 6.07) is 6.54. The van der Waals surface area contributed by atoms with Gasteiger partial charge in [-0.15, -0.1) is 0 Å². The third kappa shape index (κ3) is 3.99. The molecule has 1 saturated carbocycles. The van der Waals surface area contributed by atoms with Gasteiger partial charge in [0.25, 0.3) is 0 Å². The first kappa shape index (κ1) is 16.6. The van der Waals surface area contributed by atoms with Crippen molar-refractivity contribution in [3.63, 3.8) is 0 Å². The standard InChI is InChI=1S/C18H25ClN2O2/c19-16-4-3-5-17(21-10-1-2-11-21)15(16)12-20-14-8-6-13(7-9-14)18(22)23/h3-5,13-14,20H,1-2,6-12H2,(H,22,23). The molecule has 0 bridgehead atoms. The van der Waals surface area contributed by atoms with Crippen molar-refractivity contribution in [1.29, 1.82) is 0 Å². The quantitative estimate of drug-likeness (QED) is 0.861. The lowest BCUT2D eigenvalue weighted by Gasteiger charge is -2.28. The second kappa shape index (κ2) is 7.54. The van der Waals surface area contributed by atoms with Crippen molar-refractivity contribution in [2.24, 2.45) is 5.92 Å². The van der Waals surface area contributed by atoms with E-state index in [2.05, 4.69) is 16.3 Å². The van der Waals surface area contributed by atoms with Gasteiger partial charge in [-0.2, -0.15) is 0 Å². The molecule has 1 aliphatic heterocycles. The lowest BCUT2D eigenvalue weighted by Crippen LogP contribution is -2.35. The van der Waals surface area contributed by atoms with Crippen LogP contribution >= 0.6 is 11.6 Å². The minimum absolute atomic E-state index is 0.159. The van der Waals surface area contributed by atoms with Crippen LogP contribution < -0.4 is 10.2 Å². The average Bonchev–Trinajstić information content (AvgIpc) is 3.08. The Balaban J connectivity index is 1.61. The molecular formula is C18H25ClN2O2. The lowest BCUT2D eigenvalue weighted by atomic mass is 9.86. The zero-order chi connectivity index (χ0) is 16.2. The molecule has 23 heavy (non-hydrogen) atoms. The van der Waals surface area contributed by atoms with Gasteiger partial charge in [0.05, 0.1) is 5.92 Å². The largest absolute Gasteiger partial charge is 0.481 e. The number of carbonyl (C=O) groups is 1. The summed E-state index contributed by atoms with van der Waals surface area (Å²) in [5, 5.41) is 13.5. The number of hydrogen-bond acceptors (Lipinski definition) is 3. The number of benzene rings is 1. The number of rotatable bonds is 5. The van der Waals surface area contributed by atoms with Gasteiger partial charge in [0.15, 0.2) is 0 Å². The van der Waals surface area contributed by atoms with Crippen molar-refractivity contribution in [3.05, 3.63) is 28.8 Å². The average molecular weight is 337 g/mol. The molecule has 1 heterocycles. The molecule has 2 N–H and O–H groups in total. The molecule has 1 aromatic rings. The maximum absolute atomic E-state index is 11.0. The van der Waals surface area contributed by atoms with E-state index in [1.807, 2.05) is 12.1 Å². The Bertz CT molecular complexity index is 550. The van der Waals surface area contributed by atoms with E-state index in [0.29, 0.717) is 6.04 Å². The number of nitrogens with one attached hydrogen (secondary N) is 1. The third-order valence-electron chi connectivity index (χ3n) is 5.18. The Morgan fingerprint density at radius 1 is 1.22 bits per heavy atom. The molecule has 2 fully saturated rings. The highest BCUT2D eigenvalue weighted by Crippen LogP contribution is 2.31. The molecule has 5 heteroatoms. The minimum atomic E-state index is -0.647. The van der Waals surface area contributed by atoms with E-state index in [1.165, 1.54) is 24.1 Å². The van der Waals surface area contributed by atoms with Gasteiger partial charge in [0.1, 0.15) is 0 Å². The number of carboxylic acids is 1. The maximum Gasteiger partial charge on any atom is 0.306 e. The van der Waals surface area contributed by atoms with Crippen LogP contribution in [0.2, 0.25) is 5.02 Å². The van der Waals surface area contributed by atoms with Crippen LogP contribution in [-0.4, -0.2) is 30.2 Å². The molecular weight excluding hydrogens is 312 g/mol. The topological polar surface area (TPSA) is 52.6 Å². The molecule has 0 amide bonds. The fourth-order valence-corrected chi connectivity index (χ4v) is 4.00. The zero-order valence-electron chi connectivity index (χ0n) is 13.4. The van der Waals surface area contributed by atoms with Gasteiger partial charge in [-0.05, 0) is 50.7 Å². The number of hydrogen-bond donors (Lipinski definition) is 2. The highest BCUT2D eigenvalue weighted by atomic mass is 35.5. The molecule has 3 rings (SSSR count). The molecule has 2 aliphatic rings. The third-order valence-corrected chi connectivity index (χ3v) is 5.54. The van der Waals surface area contributed by atoms with Crippen molar-refractivity contribution < 1.29 is 9.90 Å². The molecule has 126 valence electrons. The first-order valence-corrected chi connectivity index (χ1v) is 9.01. The first-order valence-electron chi connectivity index (χ1n) is 8.63. The van der Waals surface area contributed by atoms with Gasteiger partial charge >= 0.3 is 5.97 Å². The van der Waals surface area contributed by atoms with Gasteiger partial charge < -0.3 is 15.3 Å². The van der Waals surface area contributed by atoms with Crippen molar-refractivity contribution in [2.45, 2.75) is 51.1 Å². The monoisotopic (exact) mass is 336 g/mol. The first-order chi connectivity index (χ1) is 11.1. The zero-order valence-corrected chi connectivity index (χ0v) is 14.2. The summed E-state index contributed by atoms with van der Waals surface area (Å²) in [4.78, 5) is 13.5. The Morgan fingerprint density at radius 3 is 2.57 bits per heavy atom. The summed E-state index contributed by atoms with van der Waals surface area (Å²) in [6.45, 7) is 2.97. The van der Waals surface area contributed by atoms with Crippen LogP contribution in [-0.2, 0) is 11.3 Å². The second-order valence-corrected chi connectivity index (χ2v) is 7.11. The Hall–Kier alpha value is -1.26. The maximum atomic E-state index is 11.0. The van der Waals surface area contributed by atoms with Crippen molar-refractivity contribution in [1.82, 2.24) is 5.32 Å². The van der Waals surface area contributed by atoms with E-state index in [9.17, 15) is 4.79 Å². The summed E-state index contributed by atoms with van der Waals surface area (Å²) in [7, 11) is 0. The van der Waals surface area contributed by atoms with Crippen LogP contribution in [0.15, 0.2) is 18.2 Å². The highest BCUT2D eigenvalue weighted by molar-refractivity contribution is 6.31. The molecule has 0 atom stereocenters. The van der Waals surface area contributed by atoms with Crippen LogP contribution in [0.5, 0.6) is 0 Å². The SMILES string of the molecule is O=C(O)C1CCC(NCc2c(Cl)cccc2N2CCCC2)CC1. The van der Waals surface area contributed by atoms with Crippen LogP contribution in [0.1, 0.15) is 44.1 Å². The summed E-state index contributed by atoms with van der Waals surface area (Å²) < 4.78 is 0. The predicted octanol–water partition coefficient (Wildman–Crippen LogP) is 3.67. The number of carboxylic acid groups (broad SMARTS) is 1. The van der Waals surface area contributed by atoms with Gasteiger partial charge in [-0.3, -0.25) is 4.79 Å². The fraction of sp³-hybridized carbons (Fsp3) is 0.611. The summed E-state index contributed by atoms with van der Waals surface area (Å²) in [6.07, 6.45) is 5.90. The molecule has 1 saturated heterocycles. The molecule has 0 radical (unpaired) electrons. The number of aliphatic carboxylic acids is 1. The van der Waals surface area contributed by atoms with Crippen LogP contribution in [0.4, 0.5) is 5.69 Å². The Morgan fingerprint density at radius 2 is 1.91 bits per heavy atom. The number of anilines is 1. The number of halogens is 1. The Kier molecular flexibility index (Phi) is 5.44. The summed E-state index contributed by atoms with van der Waals surface area (Å²) >= 11 is 6.45. The van der Waals surface area contributed by atoms with E-state index in [1.54, 1.807) is 0 Å². The predicted molar refractivity (Wildman–Crippen MR) is 93.1 cm³/mol. The van der Waals surface area contributed by atoms with Gasteiger partial charge in [-0.1, -0.05) is 17.7 Å². The summed E-state index contributed by atoms with van der Waals surface area (Å²) in [5.41, 5.74) is 2.43. The van der Waals surface area contributed by atoms with E-state index < -0.39 is 5.97 Å². The normalized spacial score (nSPS) is 24.8. The van der Waals surface area contributed by atoms with E-state index in [0.717, 1.165) is 50.3 Å². The van der Waals surface area contributed by atoms with Crippen LogP contribution in [0.25, 0.3) is 0 Å². The van der Waals surface area contributed by atoms with Gasteiger partial charge in [0.2, 0.25) is 0 Å². The fourth-order valence-electron chi connectivity index (χ4n) is 3.77. The molecule has 1 aliphatic carbocycles. The molecule has 0 aromatic heterocycles. The smallest absolute Gasteiger partial charge is 0.306 e. The van der Waals surface area contributed by atoms with Crippen molar-refractivity contribution >= 4 is 23.3 Å². The molecule has 1 aromatic carbocycles. The Labute approximate surface area is 142 Å². The summed E-state index contributed by atoms with van der Waals surface area (Å²) in [5.74, 6) is -0.806. The second-order valence-electron chi connectivity index (χ2n) is 6.70. The van der Waals surface area contributed by atoms with E-state index in [-0.39, 0.29) is 5.92 Å². The van der Waals surface area contributed by atoms with Crippen molar-refractivity contribution in [3.8, 4) is 0 Å². The van der Waals surface area contributed by atoms with E-state index >= 15 is 0 Å².